The van der Waals surface area contributed by atoms with E-state index in [9.17, 15) is 0 Å². The maximum atomic E-state index is 5.64. The van der Waals surface area contributed by atoms with Gasteiger partial charge < -0.3 is 20.1 Å². The lowest BCUT2D eigenvalue weighted by Crippen LogP contribution is -2.55. The van der Waals surface area contributed by atoms with Crippen molar-refractivity contribution in [3.05, 3.63) is 0 Å². The summed E-state index contributed by atoms with van der Waals surface area (Å²) in [4.78, 5) is 0. The molecule has 0 amide bonds. The van der Waals surface area contributed by atoms with E-state index in [1.807, 2.05) is 0 Å². The molecule has 124 valence electrons. The summed E-state index contributed by atoms with van der Waals surface area (Å²) in [7, 11) is 0. The minimum Gasteiger partial charge on any atom is -0.375 e. The molecule has 4 heteroatoms. The Morgan fingerprint density at radius 2 is 1.62 bits per heavy atom. The van der Waals surface area contributed by atoms with E-state index in [0.29, 0.717) is 23.3 Å². The molecule has 1 unspecified atom stereocenters. The molecule has 0 radical (unpaired) electrons. The van der Waals surface area contributed by atoms with Crippen LogP contribution in [0, 0.1) is 0 Å². The molecule has 1 atom stereocenters. The molecule has 3 fully saturated rings. The first kappa shape index (κ1) is 17.2. The van der Waals surface area contributed by atoms with E-state index in [-0.39, 0.29) is 0 Å². The Hall–Kier alpha value is -0.160. The van der Waals surface area contributed by atoms with Crippen molar-refractivity contribution in [1.82, 2.24) is 10.6 Å². The Bertz CT molecular complexity index is 294. The molecule has 0 aromatic heterocycles. The summed E-state index contributed by atoms with van der Waals surface area (Å²) in [5.74, 6) is 0. The first-order chi connectivity index (χ1) is 9.86. The summed E-state index contributed by atoms with van der Waals surface area (Å²) in [5.41, 5.74) is 0.726. The lowest BCUT2D eigenvalue weighted by atomic mass is 9.83. The molecule has 3 heterocycles. The zero-order valence-corrected chi connectivity index (χ0v) is 14.3. The molecule has 0 bridgehead atoms. The Morgan fingerprint density at radius 3 is 2.05 bits per heavy atom. The number of nitrogens with one attached hydrogen (secondary N) is 2. The van der Waals surface area contributed by atoms with Crippen molar-refractivity contribution in [3.63, 3.8) is 0 Å². The van der Waals surface area contributed by atoms with Crippen LogP contribution in [0.1, 0.15) is 59.8 Å². The van der Waals surface area contributed by atoms with Gasteiger partial charge in [0.05, 0.1) is 19.3 Å². The van der Waals surface area contributed by atoms with E-state index in [1.54, 1.807) is 0 Å². The van der Waals surface area contributed by atoms with Crippen LogP contribution in [0.4, 0.5) is 0 Å². The van der Waals surface area contributed by atoms with E-state index in [1.165, 1.54) is 19.3 Å². The second kappa shape index (κ2) is 7.40. The molecule has 0 saturated carbocycles. The van der Waals surface area contributed by atoms with Crippen molar-refractivity contribution in [2.45, 2.75) is 83.1 Å². The van der Waals surface area contributed by atoms with Gasteiger partial charge in [-0.05, 0) is 72.9 Å². The van der Waals surface area contributed by atoms with Crippen LogP contribution in [0.25, 0.3) is 0 Å². The normalized spacial score (nSPS) is 31.1. The van der Waals surface area contributed by atoms with Gasteiger partial charge in [-0.25, -0.2) is 0 Å². The third-order valence-electron chi connectivity index (χ3n) is 4.49. The van der Waals surface area contributed by atoms with Gasteiger partial charge in [0.2, 0.25) is 0 Å². The van der Waals surface area contributed by atoms with Crippen molar-refractivity contribution in [2.24, 2.45) is 0 Å². The van der Waals surface area contributed by atoms with Crippen LogP contribution >= 0.6 is 0 Å². The van der Waals surface area contributed by atoms with Crippen molar-refractivity contribution in [1.29, 1.82) is 0 Å². The summed E-state index contributed by atoms with van der Waals surface area (Å²) in [6.45, 7) is 13.1. The number of ether oxygens (including phenoxy) is 2. The van der Waals surface area contributed by atoms with Crippen molar-refractivity contribution >= 4 is 0 Å². The molecule has 0 aromatic carbocycles. The van der Waals surface area contributed by atoms with Crippen molar-refractivity contribution < 1.29 is 9.47 Å². The summed E-state index contributed by atoms with van der Waals surface area (Å²) < 4.78 is 10.7. The highest BCUT2D eigenvalue weighted by atomic mass is 16.6. The quantitative estimate of drug-likeness (QED) is 0.786. The first-order valence-electron chi connectivity index (χ1n) is 8.60. The zero-order valence-electron chi connectivity index (χ0n) is 14.3. The van der Waals surface area contributed by atoms with Crippen molar-refractivity contribution in [3.8, 4) is 0 Å². The van der Waals surface area contributed by atoms with E-state index in [2.05, 4.69) is 38.3 Å². The van der Waals surface area contributed by atoms with Crippen LogP contribution in [0.3, 0.4) is 0 Å². The second-order valence-electron chi connectivity index (χ2n) is 7.98. The molecule has 0 aromatic rings. The van der Waals surface area contributed by atoms with Crippen LogP contribution in [0.15, 0.2) is 0 Å². The van der Waals surface area contributed by atoms with Crippen LogP contribution in [0.2, 0.25) is 0 Å². The van der Waals surface area contributed by atoms with Gasteiger partial charge in [-0.2, -0.15) is 0 Å². The Kier molecular flexibility index (Phi) is 6.06. The summed E-state index contributed by atoms with van der Waals surface area (Å²) in [6.07, 6.45) is 7.23. The van der Waals surface area contributed by atoms with E-state index in [0.717, 1.165) is 39.1 Å². The third kappa shape index (κ3) is 7.09. The standard InChI is InChI=1S/C9H19N.C8H15NO2/c1-8(2)6-5-7-9(3,4)10-8;1-3-9-4-2-7(1)10-5-8-6-11-8/h10H,5-7H2,1-4H3;7-9H,1-6H2. The minimum absolute atomic E-state index is 0.363. The molecule has 3 rings (SSSR count). The number of epoxide rings is 1. The van der Waals surface area contributed by atoms with Gasteiger partial charge in [0.1, 0.15) is 6.10 Å². The monoisotopic (exact) mass is 298 g/mol. The molecule has 3 aliphatic heterocycles. The lowest BCUT2D eigenvalue weighted by Gasteiger charge is -2.42. The van der Waals surface area contributed by atoms with Gasteiger partial charge in [0.25, 0.3) is 0 Å². The van der Waals surface area contributed by atoms with Crippen LogP contribution in [-0.4, -0.2) is 49.6 Å². The van der Waals surface area contributed by atoms with Gasteiger partial charge in [-0.15, -0.1) is 0 Å². The number of rotatable bonds is 3. The first-order valence-corrected chi connectivity index (χ1v) is 8.60. The molecule has 2 N–H and O–H groups in total. The fourth-order valence-electron chi connectivity index (χ4n) is 3.38. The fourth-order valence-corrected chi connectivity index (χ4v) is 3.38. The van der Waals surface area contributed by atoms with Crippen LogP contribution < -0.4 is 10.6 Å². The largest absolute Gasteiger partial charge is 0.375 e. The fraction of sp³-hybridized carbons (Fsp3) is 1.00. The van der Waals surface area contributed by atoms with E-state index in [4.69, 9.17) is 9.47 Å². The van der Waals surface area contributed by atoms with Crippen LogP contribution in [0.5, 0.6) is 0 Å². The molecular weight excluding hydrogens is 264 g/mol. The van der Waals surface area contributed by atoms with Gasteiger partial charge >= 0.3 is 0 Å². The van der Waals surface area contributed by atoms with Crippen LogP contribution in [-0.2, 0) is 9.47 Å². The molecule has 21 heavy (non-hydrogen) atoms. The topological polar surface area (TPSA) is 45.8 Å². The molecule has 3 saturated heterocycles. The SMILES string of the molecule is C1CC(OCC2CO2)CCN1.CC1(C)CCCC(C)(C)N1. The second-order valence-corrected chi connectivity index (χ2v) is 7.98. The average Bonchev–Trinajstić information content (AvgIpc) is 3.19. The van der Waals surface area contributed by atoms with Gasteiger partial charge in [0, 0.05) is 11.1 Å². The van der Waals surface area contributed by atoms with E-state index < -0.39 is 0 Å². The highest BCUT2D eigenvalue weighted by Gasteiger charge is 2.31. The predicted octanol–water partition coefficient (Wildman–Crippen LogP) is 2.47. The Morgan fingerprint density at radius 1 is 1.05 bits per heavy atom. The lowest BCUT2D eigenvalue weighted by molar-refractivity contribution is 0.0241. The Labute approximate surface area is 130 Å². The van der Waals surface area contributed by atoms with Gasteiger partial charge in [-0.1, -0.05) is 0 Å². The molecule has 0 spiro atoms. The minimum atomic E-state index is 0.363. The molecule has 4 nitrogen and oxygen atoms in total. The number of hydrogen-bond acceptors (Lipinski definition) is 4. The molecular formula is C17H34N2O2. The van der Waals surface area contributed by atoms with Crippen molar-refractivity contribution in [2.75, 3.05) is 26.3 Å². The number of piperidine rings is 2. The zero-order chi connectivity index (χ0) is 15.3. The summed E-state index contributed by atoms with van der Waals surface area (Å²) >= 11 is 0. The Balaban J connectivity index is 0.000000155. The summed E-state index contributed by atoms with van der Waals surface area (Å²) in [5, 5.41) is 6.94. The maximum absolute atomic E-state index is 5.64. The number of hydrogen-bond donors (Lipinski definition) is 2. The van der Waals surface area contributed by atoms with Gasteiger partial charge in [0.15, 0.2) is 0 Å². The smallest absolute Gasteiger partial charge is 0.104 e. The average molecular weight is 298 g/mol. The van der Waals surface area contributed by atoms with E-state index >= 15 is 0 Å². The maximum Gasteiger partial charge on any atom is 0.104 e. The molecule has 0 aliphatic carbocycles. The summed E-state index contributed by atoms with van der Waals surface area (Å²) in [6, 6.07) is 0. The highest BCUT2D eigenvalue weighted by Crippen LogP contribution is 2.27. The highest BCUT2D eigenvalue weighted by molar-refractivity contribution is 4.92. The van der Waals surface area contributed by atoms with Gasteiger partial charge in [-0.3, -0.25) is 0 Å². The predicted molar refractivity (Wildman–Crippen MR) is 86.7 cm³/mol. The molecule has 3 aliphatic rings. The third-order valence-corrected chi connectivity index (χ3v) is 4.49.